The van der Waals surface area contributed by atoms with Crippen molar-refractivity contribution >= 4 is 0 Å². The van der Waals surface area contributed by atoms with Gasteiger partial charge >= 0.3 is 0 Å². The first kappa shape index (κ1) is 15.3. The Hall–Kier alpha value is -2.58. The molecular weight excluding hydrogens is 295 g/mol. The molecule has 0 aliphatic carbocycles. The van der Waals surface area contributed by atoms with E-state index < -0.39 is 0 Å². The van der Waals surface area contributed by atoms with Crippen molar-refractivity contribution in [2.24, 2.45) is 0 Å². The van der Waals surface area contributed by atoms with Gasteiger partial charge in [0, 0.05) is 18.7 Å². The molecule has 0 saturated heterocycles. The molecule has 0 amide bonds. The monoisotopic (exact) mass is 312 g/mol. The largest absolute Gasteiger partial charge is 0.486 e. The molecule has 4 nitrogen and oxygen atoms in total. The van der Waals surface area contributed by atoms with Crippen molar-refractivity contribution < 1.29 is 13.9 Å². The maximum atomic E-state index is 13.9. The first-order chi connectivity index (χ1) is 11.2. The van der Waals surface area contributed by atoms with Crippen LogP contribution in [0.1, 0.15) is 11.1 Å². The highest BCUT2D eigenvalue weighted by atomic mass is 19.1. The van der Waals surface area contributed by atoms with E-state index in [-0.39, 0.29) is 11.9 Å². The molecule has 118 valence electrons. The molecule has 0 bridgehead atoms. The Balaban J connectivity index is 1.60. The Morgan fingerprint density at radius 3 is 2.78 bits per heavy atom. The van der Waals surface area contributed by atoms with E-state index in [9.17, 15) is 4.39 Å². The fourth-order valence-corrected chi connectivity index (χ4v) is 2.60. The predicted octanol–water partition coefficient (Wildman–Crippen LogP) is 2.97. The maximum Gasteiger partial charge on any atom is 0.161 e. The molecule has 0 spiro atoms. The molecule has 0 N–H and O–H groups in total. The quantitative estimate of drug-likeness (QED) is 0.871. The van der Waals surface area contributed by atoms with Crippen LogP contribution in [0.2, 0.25) is 0 Å². The van der Waals surface area contributed by atoms with Crippen molar-refractivity contribution in [3.05, 3.63) is 59.4 Å². The summed E-state index contributed by atoms with van der Waals surface area (Å²) in [5.41, 5.74) is 0.887. The zero-order valence-corrected chi connectivity index (χ0v) is 12.8. The molecule has 5 heteroatoms. The number of benzene rings is 2. The van der Waals surface area contributed by atoms with Crippen LogP contribution in [0.15, 0.2) is 42.5 Å². The number of hydrogen-bond donors (Lipinski definition) is 0. The Morgan fingerprint density at radius 2 is 2.04 bits per heavy atom. The van der Waals surface area contributed by atoms with E-state index in [1.54, 1.807) is 12.1 Å². The molecule has 0 radical (unpaired) electrons. The van der Waals surface area contributed by atoms with E-state index in [0.29, 0.717) is 30.8 Å². The van der Waals surface area contributed by atoms with Crippen molar-refractivity contribution in [2.45, 2.75) is 12.6 Å². The molecular formula is C18H17FN2O2. The normalized spacial score (nSPS) is 16.2. The average molecular weight is 312 g/mol. The van der Waals surface area contributed by atoms with Gasteiger partial charge in [-0.2, -0.15) is 5.26 Å². The summed E-state index contributed by atoms with van der Waals surface area (Å²) in [5.74, 6) is 1.13. The van der Waals surface area contributed by atoms with Crippen LogP contribution in [0.4, 0.5) is 4.39 Å². The topological polar surface area (TPSA) is 45.5 Å². The van der Waals surface area contributed by atoms with Crippen LogP contribution in [0.5, 0.6) is 11.5 Å². The molecule has 23 heavy (non-hydrogen) atoms. The fourth-order valence-electron chi connectivity index (χ4n) is 2.60. The number of fused-ring (bicyclic) bond motifs is 1. The molecule has 1 aliphatic heterocycles. The van der Waals surface area contributed by atoms with Crippen molar-refractivity contribution in [3.8, 4) is 17.6 Å². The highest BCUT2D eigenvalue weighted by Gasteiger charge is 2.22. The average Bonchev–Trinajstić information content (AvgIpc) is 2.56. The fraction of sp³-hybridized carbons (Fsp3) is 0.278. The lowest BCUT2D eigenvalue weighted by Gasteiger charge is -2.29. The smallest absolute Gasteiger partial charge is 0.161 e. The minimum atomic E-state index is -0.359. The van der Waals surface area contributed by atoms with Gasteiger partial charge in [-0.15, -0.1) is 0 Å². The number of nitriles is 1. The Labute approximate surface area is 134 Å². The van der Waals surface area contributed by atoms with Crippen molar-refractivity contribution in [2.75, 3.05) is 20.2 Å². The van der Waals surface area contributed by atoms with Crippen LogP contribution < -0.4 is 9.47 Å². The van der Waals surface area contributed by atoms with Gasteiger partial charge in [0.05, 0.1) is 11.6 Å². The number of para-hydroxylation sites is 2. The molecule has 1 aliphatic rings. The SMILES string of the molecule is CN(Cc1ccc(C#N)cc1F)C[C@H]1COc2ccccc2O1. The van der Waals surface area contributed by atoms with Crippen molar-refractivity contribution in [3.63, 3.8) is 0 Å². The Kier molecular flexibility index (Phi) is 4.45. The molecule has 1 heterocycles. The number of nitrogens with zero attached hydrogens (tertiary/aromatic N) is 2. The predicted molar refractivity (Wildman–Crippen MR) is 83.8 cm³/mol. The summed E-state index contributed by atoms with van der Waals surface area (Å²) in [4.78, 5) is 1.98. The third-order valence-corrected chi connectivity index (χ3v) is 3.71. The lowest BCUT2D eigenvalue weighted by Crippen LogP contribution is -2.39. The van der Waals surface area contributed by atoms with Crippen LogP contribution in [0.3, 0.4) is 0 Å². The first-order valence-corrected chi connectivity index (χ1v) is 7.41. The molecule has 2 aromatic rings. The summed E-state index contributed by atoms with van der Waals surface area (Å²) in [6, 6.07) is 14.0. The van der Waals surface area contributed by atoms with Gasteiger partial charge in [0.2, 0.25) is 0 Å². The second-order valence-electron chi connectivity index (χ2n) is 5.61. The van der Waals surface area contributed by atoms with E-state index in [0.717, 1.165) is 11.5 Å². The van der Waals surface area contributed by atoms with E-state index in [1.165, 1.54) is 6.07 Å². The lowest BCUT2D eigenvalue weighted by atomic mass is 10.1. The molecule has 1 atom stereocenters. The van der Waals surface area contributed by atoms with E-state index in [2.05, 4.69) is 0 Å². The minimum absolute atomic E-state index is 0.101. The minimum Gasteiger partial charge on any atom is -0.486 e. The van der Waals surface area contributed by atoms with E-state index in [1.807, 2.05) is 42.3 Å². The molecule has 0 saturated carbocycles. The second-order valence-corrected chi connectivity index (χ2v) is 5.61. The zero-order valence-electron chi connectivity index (χ0n) is 12.8. The summed E-state index contributed by atoms with van der Waals surface area (Å²) in [5, 5.41) is 8.77. The number of hydrogen-bond acceptors (Lipinski definition) is 4. The van der Waals surface area contributed by atoms with Crippen LogP contribution in [-0.2, 0) is 6.54 Å². The van der Waals surface area contributed by atoms with Gasteiger partial charge in [-0.05, 0) is 31.3 Å². The molecule has 3 rings (SSSR count). The van der Waals surface area contributed by atoms with E-state index >= 15 is 0 Å². The number of halogens is 1. The van der Waals surface area contributed by atoms with Gasteiger partial charge in [-0.3, -0.25) is 4.90 Å². The molecule has 0 aromatic heterocycles. The molecule has 0 unspecified atom stereocenters. The first-order valence-electron chi connectivity index (χ1n) is 7.41. The summed E-state index contributed by atoms with van der Waals surface area (Å²) in [7, 11) is 1.90. The standard InChI is InChI=1S/C18H17FN2O2/c1-21(10-14-7-6-13(9-20)8-16(14)19)11-15-12-22-17-4-2-3-5-18(17)23-15/h2-8,15H,10-12H2,1H3/t15-/m0/s1. The summed E-state index contributed by atoms with van der Waals surface area (Å²) >= 11 is 0. The maximum absolute atomic E-state index is 13.9. The molecule has 0 fully saturated rings. The highest BCUT2D eigenvalue weighted by molar-refractivity contribution is 5.40. The number of ether oxygens (including phenoxy) is 2. The van der Waals surface area contributed by atoms with Gasteiger partial charge < -0.3 is 9.47 Å². The van der Waals surface area contributed by atoms with Gasteiger partial charge in [0.15, 0.2) is 11.5 Å². The third kappa shape index (κ3) is 3.61. The van der Waals surface area contributed by atoms with Gasteiger partial charge in [-0.1, -0.05) is 18.2 Å². The zero-order chi connectivity index (χ0) is 16.2. The van der Waals surface area contributed by atoms with Gasteiger partial charge in [0.1, 0.15) is 18.5 Å². The Morgan fingerprint density at radius 1 is 1.26 bits per heavy atom. The summed E-state index contributed by atoms with van der Waals surface area (Å²) in [6.45, 7) is 1.53. The summed E-state index contributed by atoms with van der Waals surface area (Å²) in [6.07, 6.45) is -0.101. The molecule has 2 aromatic carbocycles. The number of likely N-dealkylation sites (N-methyl/N-ethyl adjacent to an activating group) is 1. The third-order valence-electron chi connectivity index (χ3n) is 3.71. The lowest BCUT2D eigenvalue weighted by molar-refractivity contribution is 0.0635. The Bertz CT molecular complexity index is 742. The van der Waals surface area contributed by atoms with Gasteiger partial charge in [0.25, 0.3) is 0 Å². The van der Waals surface area contributed by atoms with Crippen LogP contribution in [-0.4, -0.2) is 31.2 Å². The highest BCUT2D eigenvalue weighted by Crippen LogP contribution is 2.31. The second kappa shape index (κ2) is 6.67. The van der Waals surface area contributed by atoms with Crippen LogP contribution in [0.25, 0.3) is 0 Å². The van der Waals surface area contributed by atoms with Gasteiger partial charge in [-0.25, -0.2) is 4.39 Å². The number of rotatable bonds is 4. The van der Waals surface area contributed by atoms with E-state index in [4.69, 9.17) is 14.7 Å². The van der Waals surface area contributed by atoms with Crippen LogP contribution in [0, 0.1) is 17.1 Å². The van der Waals surface area contributed by atoms with Crippen molar-refractivity contribution in [1.82, 2.24) is 4.90 Å². The summed E-state index contributed by atoms with van der Waals surface area (Å²) < 4.78 is 25.5. The van der Waals surface area contributed by atoms with Crippen molar-refractivity contribution in [1.29, 1.82) is 5.26 Å². The van der Waals surface area contributed by atoms with Crippen LogP contribution >= 0.6 is 0 Å².